The quantitative estimate of drug-likeness (QED) is 0.676. The van der Waals surface area contributed by atoms with E-state index < -0.39 is 40.9 Å². The van der Waals surface area contributed by atoms with Crippen molar-refractivity contribution in [1.29, 1.82) is 0 Å². The molecule has 0 saturated carbocycles. The normalized spacial score (nSPS) is 11.1. The van der Waals surface area contributed by atoms with Gasteiger partial charge in [-0.1, -0.05) is 11.6 Å². The first-order valence-electron chi connectivity index (χ1n) is 7.64. The van der Waals surface area contributed by atoms with Gasteiger partial charge in [0.1, 0.15) is 12.4 Å². The number of rotatable bonds is 7. The summed E-state index contributed by atoms with van der Waals surface area (Å²) in [5, 5.41) is 3.07. The van der Waals surface area contributed by atoms with Crippen molar-refractivity contribution in [3.63, 3.8) is 0 Å². The summed E-state index contributed by atoms with van der Waals surface area (Å²) in [7, 11) is -4.00. The maximum atomic E-state index is 12.8. The van der Waals surface area contributed by atoms with Gasteiger partial charge >= 0.3 is 5.97 Å². The van der Waals surface area contributed by atoms with Gasteiger partial charge in [-0.2, -0.15) is 4.72 Å². The molecular formula is C17H16ClFN2O5S. The van der Waals surface area contributed by atoms with Gasteiger partial charge in [0.05, 0.1) is 4.90 Å². The van der Waals surface area contributed by atoms with Crippen LogP contribution < -0.4 is 10.0 Å². The zero-order valence-corrected chi connectivity index (χ0v) is 15.7. The third-order valence-electron chi connectivity index (χ3n) is 3.36. The van der Waals surface area contributed by atoms with Crippen molar-refractivity contribution in [2.45, 2.75) is 11.8 Å². The maximum absolute atomic E-state index is 12.8. The molecule has 0 fully saturated rings. The number of hydrogen-bond acceptors (Lipinski definition) is 5. The Kier molecular flexibility index (Phi) is 6.89. The predicted molar refractivity (Wildman–Crippen MR) is 97.4 cm³/mol. The second kappa shape index (κ2) is 8.94. The zero-order chi connectivity index (χ0) is 20.0. The van der Waals surface area contributed by atoms with Crippen molar-refractivity contribution in [3.8, 4) is 0 Å². The molecule has 0 heterocycles. The summed E-state index contributed by atoms with van der Waals surface area (Å²) in [5.74, 6) is -2.12. The van der Waals surface area contributed by atoms with E-state index in [2.05, 4.69) is 5.32 Å². The fourth-order valence-electron chi connectivity index (χ4n) is 2.00. The average Bonchev–Trinajstić information content (AvgIpc) is 2.61. The van der Waals surface area contributed by atoms with Crippen LogP contribution in [0.2, 0.25) is 5.02 Å². The Bertz CT molecular complexity index is 948. The van der Waals surface area contributed by atoms with E-state index in [4.69, 9.17) is 16.3 Å². The number of benzene rings is 2. The number of aryl methyl sites for hydroxylation is 1. The molecule has 0 unspecified atom stereocenters. The third-order valence-corrected chi connectivity index (χ3v) is 5.01. The number of sulfonamides is 1. The average molecular weight is 415 g/mol. The highest BCUT2D eigenvalue weighted by molar-refractivity contribution is 7.89. The minimum absolute atomic E-state index is 0.201. The lowest BCUT2D eigenvalue weighted by Gasteiger charge is -2.10. The Balaban J connectivity index is 1.81. The molecular weight excluding hydrogens is 399 g/mol. The zero-order valence-electron chi connectivity index (χ0n) is 14.2. The SMILES string of the molecule is Cc1cc(Cl)ccc1NC(=O)COC(=O)CNS(=O)(=O)c1ccc(F)cc1. The van der Waals surface area contributed by atoms with Gasteiger partial charge in [0, 0.05) is 10.7 Å². The number of halogens is 2. The molecule has 7 nitrogen and oxygen atoms in total. The Hall–Kier alpha value is -2.49. The molecule has 0 saturated heterocycles. The van der Waals surface area contributed by atoms with E-state index in [9.17, 15) is 22.4 Å². The van der Waals surface area contributed by atoms with Gasteiger partial charge in [-0.25, -0.2) is 12.8 Å². The van der Waals surface area contributed by atoms with Crippen molar-refractivity contribution in [2.75, 3.05) is 18.5 Å². The molecule has 2 N–H and O–H groups in total. The maximum Gasteiger partial charge on any atom is 0.321 e. The molecule has 0 spiro atoms. The summed E-state index contributed by atoms with van der Waals surface area (Å²) < 4.78 is 43.5. The van der Waals surface area contributed by atoms with E-state index >= 15 is 0 Å². The number of amides is 1. The minimum Gasteiger partial charge on any atom is -0.455 e. The van der Waals surface area contributed by atoms with Crippen LogP contribution >= 0.6 is 11.6 Å². The monoisotopic (exact) mass is 414 g/mol. The summed E-state index contributed by atoms with van der Waals surface area (Å²) in [6.07, 6.45) is 0. The van der Waals surface area contributed by atoms with Gasteiger partial charge in [-0.15, -0.1) is 0 Å². The fourth-order valence-corrected chi connectivity index (χ4v) is 3.20. The van der Waals surface area contributed by atoms with E-state index in [1.165, 1.54) is 0 Å². The highest BCUT2D eigenvalue weighted by Crippen LogP contribution is 2.19. The van der Waals surface area contributed by atoms with Crippen LogP contribution in [0.15, 0.2) is 47.4 Å². The van der Waals surface area contributed by atoms with Gasteiger partial charge in [0.2, 0.25) is 10.0 Å². The van der Waals surface area contributed by atoms with Gasteiger partial charge in [-0.05, 0) is 55.0 Å². The Morgan fingerprint density at radius 2 is 1.81 bits per heavy atom. The number of nitrogens with one attached hydrogen (secondary N) is 2. The fraction of sp³-hybridized carbons (Fsp3) is 0.176. The Morgan fingerprint density at radius 3 is 2.44 bits per heavy atom. The van der Waals surface area contributed by atoms with E-state index in [-0.39, 0.29) is 4.90 Å². The summed E-state index contributed by atoms with van der Waals surface area (Å²) in [5.41, 5.74) is 1.24. The molecule has 2 aromatic rings. The second-order valence-electron chi connectivity index (χ2n) is 5.45. The summed E-state index contributed by atoms with van der Waals surface area (Å²) in [6.45, 7) is 0.490. The van der Waals surface area contributed by atoms with E-state index in [1.807, 2.05) is 4.72 Å². The Labute approximate surface area is 160 Å². The van der Waals surface area contributed by atoms with Crippen LogP contribution in [0.1, 0.15) is 5.56 Å². The number of anilines is 1. The van der Waals surface area contributed by atoms with Crippen LogP contribution in [0.4, 0.5) is 10.1 Å². The van der Waals surface area contributed by atoms with Crippen LogP contribution in [0.5, 0.6) is 0 Å². The standard InChI is InChI=1S/C17H16ClFN2O5S/c1-11-8-12(18)2-7-15(11)21-16(22)10-26-17(23)9-20-27(24,25)14-5-3-13(19)4-6-14/h2-8,20H,9-10H2,1H3,(H,21,22). The van der Waals surface area contributed by atoms with Gasteiger partial charge < -0.3 is 10.1 Å². The molecule has 0 atom stereocenters. The van der Waals surface area contributed by atoms with Crippen LogP contribution in [0, 0.1) is 12.7 Å². The van der Waals surface area contributed by atoms with Gasteiger partial charge in [0.15, 0.2) is 6.61 Å². The first-order chi connectivity index (χ1) is 12.7. The number of esters is 1. The largest absolute Gasteiger partial charge is 0.455 e. The van der Waals surface area contributed by atoms with Gasteiger partial charge in [0.25, 0.3) is 5.91 Å². The molecule has 10 heteroatoms. The van der Waals surface area contributed by atoms with Crippen LogP contribution in [0.3, 0.4) is 0 Å². The van der Waals surface area contributed by atoms with Crippen LogP contribution in [0.25, 0.3) is 0 Å². The molecule has 2 rings (SSSR count). The van der Waals surface area contributed by atoms with Crippen molar-refractivity contribution in [3.05, 3.63) is 58.9 Å². The number of ether oxygens (including phenoxy) is 1. The van der Waals surface area contributed by atoms with Crippen molar-refractivity contribution >= 4 is 39.2 Å². The van der Waals surface area contributed by atoms with Crippen molar-refractivity contribution in [2.24, 2.45) is 0 Å². The highest BCUT2D eigenvalue weighted by atomic mass is 35.5. The van der Waals surface area contributed by atoms with Gasteiger partial charge in [-0.3, -0.25) is 9.59 Å². The third kappa shape index (κ3) is 6.31. The molecule has 1 amide bonds. The van der Waals surface area contributed by atoms with Crippen LogP contribution in [-0.2, 0) is 24.3 Å². The first kappa shape index (κ1) is 20.8. The van der Waals surface area contributed by atoms with Crippen LogP contribution in [-0.4, -0.2) is 33.4 Å². The lowest BCUT2D eigenvalue weighted by molar-refractivity contribution is -0.146. The molecule has 2 aromatic carbocycles. The van der Waals surface area contributed by atoms with E-state index in [0.29, 0.717) is 10.7 Å². The topological polar surface area (TPSA) is 102 Å². The first-order valence-corrected chi connectivity index (χ1v) is 9.50. The highest BCUT2D eigenvalue weighted by Gasteiger charge is 2.17. The second-order valence-corrected chi connectivity index (χ2v) is 7.65. The molecule has 0 bridgehead atoms. The number of carbonyl (C=O) groups excluding carboxylic acids is 2. The minimum atomic E-state index is -4.00. The van der Waals surface area contributed by atoms with Crippen molar-refractivity contribution in [1.82, 2.24) is 4.72 Å². The molecule has 0 radical (unpaired) electrons. The molecule has 0 aliphatic heterocycles. The smallest absolute Gasteiger partial charge is 0.321 e. The summed E-state index contributed by atoms with van der Waals surface area (Å²) in [6, 6.07) is 8.95. The van der Waals surface area contributed by atoms with E-state index in [0.717, 1.165) is 29.8 Å². The summed E-state index contributed by atoms with van der Waals surface area (Å²) >= 11 is 5.82. The predicted octanol–water partition coefficient (Wildman–Crippen LogP) is 2.25. The number of hydrogen-bond donors (Lipinski definition) is 2. The lowest BCUT2D eigenvalue weighted by atomic mass is 10.2. The molecule has 144 valence electrons. The molecule has 0 aliphatic rings. The summed E-state index contributed by atoms with van der Waals surface area (Å²) in [4.78, 5) is 23.2. The Morgan fingerprint density at radius 1 is 1.15 bits per heavy atom. The van der Waals surface area contributed by atoms with E-state index in [1.54, 1.807) is 25.1 Å². The molecule has 27 heavy (non-hydrogen) atoms. The molecule has 0 aromatic heterocycles. The number of carbonyl (C=O) groups is 2. The van der Waals surface area contributed by atoms with Crippen molar-refractivity contribution < 1.29 is 27.1 Å². The molecule has 0 aliphatic carbocycles. The lowest BCUT2D eigenvalue weighted by Crippen LogP contribution is -2.32.